The Labute approximate surface area is 78.1 Å². The van der Waals surface area contributed by atoms with Crippen LogP contribution in [0.1, 0.15) is 0 Å². The van der Waals surface area contributed by atoms with Crippen LogP contribution in [0.25, 0.3) is 0 Å². The molecule has 72 valence electrons. The van der Waals surface area contributed by atoms with E-state index in [0.29, 0.717) is 33.0 Å². The molecule has 13 heavy (non-hydrogen) atoms. The lowest BCUT2D eigenvalue weighted by molar-refractivity contribution is 0.103. The minimum absolute atomic E-state index is 0.372. The zero-order valence-electron chi connectivity index (χ0n) is 7.58. The van der Waals surface area contributed by atoms with Crippen LogP contribution in [0.3, 0.4) is 0 Å². The van der Waals surface area contributed by atoms with Crippen molar-refractivity contribution in [3.05, 3.63) is 12.7 Å². The van der Waals surface area contributed by atoms with E-state index in [0.717, 1.165) is 0 Å². The number of ether oxygens (including phenoxy) is 2. The molecule has 0 spiro atoms. The second-order valence-electron chi connectivity index (χ2n) is 2.97. The summed E-state index contributed by atoms with van der Waals surface area (Å²) in [6, 6.07) is 2.18. The highest BCUT2D eigenvalue weighted by Crippen LogP contribution is 2.08. The van der Waals surface area contributed by atoms with E-state index in [1.165, 1.54) is 0 Å². The minimum Gasteiger partial charge on any atom is -0.376 e. The lowest BCUT2D eigenvalue weighted by atomic mass is 10.0. The molecule has 0 saturated carbocycles. The van der Waals surface area contributed by atoms with E-state index >= 15 is 0 Å². The molecule has 0 bridgehead atoms. The van der Waals surface area contributed by atoms with E-state index in [4.69, 9.17) is 14.7 Å². The normalized spacial score (nSPS) is 21.5. The molecular weight excluding hydrogens is 168 g/mol. The second-order valence-corrected chi connectivity index (χ2v) is 2.97. The molecule has 0 aliphatic carbocycles. The summed E-state index contributed by atoms with van der Waals surface area (Å²) in [5.74, 6) is 0. The first-order valence-electron chi connectivity index (χ1n) is 4.26. The first-order chi connectivity index (χ1) is 6.33. The molecule has 1 fully saturated rings. The third-order valence-electron chi connectivity index (χ3n) is 1.87. The maximum atomic E-state index is 8.99. The van der Waals surface area contributed by atoms with Crippen LogP contribution in [-0.4, -0.2) is 38.5 Å². The van der Waals surface area contributed by atoms with E-state index < -0.39 is 5.54 Å². The van der Waals surface area contributed by atoms with Crippen molar-refractivity contribution in [2.24, 2.45) is 0 Å². The van der Waals surface area contributed by atoms with Gasteiger partial charge in [-0.3, -0.25) is 5.32 Å². The Morgan fingerprint density at radius 3 is 2.54 bits per heavy atom. The molecule has 0 aromatic carbocycles. The van der Waals surface area contributed by atoms with Crippen molar-refractivity contribution < 1.29 is 9.47 Å². The van der Waals surface area contributed by atoms with Gasteiger partial charge >= 0.3 is 0 Å². The van der Waals surface area contributed by atoms with Crippen LogP contribution in [0.15, 0.2) is 12.7 Å². The number of hydrogen-bond acceptors (Lipinski definition) is 4. The Hall–Kier alpha value is -0.890. The molecule has 4 heteroatoms. The van der Waals surface area contributed by atoms with Gasteiger partial charge in [-0.2, -0.15) is 5.26 Å². The fourth-order valence-electron chi connectivity index (χ4n) is 1.13. The van der Waals surface area contributed by atoms with Gasteiger partial charge in [-0.1, -0.05) is 6.08 Å². The van der Waals surface area contributed by atoms with Crippen molar-refractivity contribution in [2.45, 2.75) is 5.54 Å². The van der Waals surface area contributed by atoms with Gasteiger partial charge in [0, 0.05) is 6.54 Å². The molecule has 1 aliphatic heterocycles. The van der Waals surface area contributed by atoms with E-state index in [9.17, 15) is 0 Å². The quantitative estimate of drug-likeness (QED) is 0.628. The van der Waals surface area contributed by atoms with Gasteiger partial charge in [0.2, 0.25) is 0 Å². The summed E-state index contributed by atoms with van der Waals surface area (Å²) in [4.78, 5) is 0. The Kier molecular flexibility index (Phi) is 3.90. The van der Waals surface area contributed by atoms with Crippen molar-refractivity contribution in [1.82, 2.24) is 5.32 Å². The monoisotopic (exact) mass is 182 g/mol. The first-order valence-corrected chi connectivity index (χ1v) is 4.26. The van der Waals surface area contributed by atoms with Crippen molar-refractivity contribution in [3.8, 4) is 6.07 Å². The highest BCUT2D eigenvalue weighted by atomic mass is 16.5. The summed E-state index contributed by atoms with van der Waals surface area (Å²) in [5, 5.41) is 12.0. The first kappa shape index (κ1) is 10.2. The summed E-state index contributed by atoms with van der Waals surface area (Å²) in [5.41, 5.74) is -0.704. The molecule has 0 aromatic rings. The largest absolute Gasteiger partial charge is 0.376 e. The number of hydrogen-bond donors (Lipinski definition) is 1. The van der Waals surface area contributed by atoms with E-state index in [1.54, 1.807) is 6.08 Å². The molecule has 1 saturated heterocycles. The number of nitrogens with zero attached hydrogens (tertiary/aromatic N) is 1. The number of nitrogens with one attached hydrogen (secondary N) is 1. The SMILES string of the molecule is C=CCNC1(C#N)COCCOC1. The molecule has 1 heterocycles. The number of nitriles is 1. The Balaban J connectivity index is 2.55. The van der Waals surface area contributed by atoms with Crippen molar-refractivity contribution in [3.63, 3.8) is 0 Å². The number of rotatable bonds is 3. The molecule has 1 rings (SSSR count). The molecule has 0 unspecified atom stereocenters. The van der Waals surface area contributed by atoms with Gasteiger partial charge in [0.15, 0.2) is 5.54 Å². The fraction of sp³-hybridized carbons (Fsp3) is 0.667. The van der Waals surface area contributed by atoms with Crippen molar-refractivity contribution in [2.75, 3.05) is 33.0 Å². The standard InChI is InChI=1S/C9H14N2O2/c1-2-3-11-9(6-10)7-12-4-5-13-8-9/h2,11H,1,3-5,7-8H2. The highest BCUT2D eigenvalue weighted by molar-refractivity contribution is 5.09. The van der Waals surface area contributed by atoms with Crippen LogP contribution >= 0.6 is 0 Å². The molecule has 0 radical (unpaired) electrons. The molecule has 0 atom stereocenters. The second kappa shape index (κ2) is 4.97. The predicted octanol–water partition coefficient (Wildman–Crippen LogP) is 0.0712. The van der Waals surface area contributed by atoms with Gasteiger partial charge in [-0.15, -0.1) is 6.58 Å². The lowest BCUT2D eigenvalue weighted by Gasteiger charge is -2.23. The minimum atomic E-state index is -0.704. The Morgan fingerprint density at radius 2 is 2.08 bits per heavy atom. The van der Waals surface area contributed by atoms with Gasteiger partial charge < -0.3 is 9.47 Å². The van der Waals surface area contributed by atoms with Crippen LogP contribution in [0.2, 0.25) is 0 Å². The van der Waals surface area contributed by atoms with E-state index in [1.807, 2.05) is 0 Å². The van der Waals surface area contributed by atoms with Crippen molar-refractivity contribution in [1.29, 1.82) is 5.26 Å². The molecular formula is C9H14N2O2. The van der Waals surface area contributed by atoms with Gasteiger partial charge in [0.05, 0.1) is 32.5 Å². The maximum Gasteiger partial charge on any atom is 0.154 e. The smallest absolute Gasteiger partial charge is 0.154 e. The van der Waals surface area contributed by atoms with Crippen LogP contribution in [0.4, 0.5) is 0 Å². The third-order valence-corrected chi connectivity index (χ3v) is 1.87. The van der Waals surface area contributed by atoms with Crippen LogP contribution in [0, 0.1) is 11.3 Å². The molecule has 0 aromatic heterocycles. The Morgan fingerprint density at radius 1 is 1.46 bits per heavy atom. The fourth-order valence-corrected chi connectivity index (χ4v) is 1.13. The van der Waals surface area contributed by atoms with E-state index in [-0.39, 0.29) is 0 Å². The van der Waals surface area contributed by atoms with Crippen LogP contribution in [0.5, 0.6) is 0 Å². The molecule has 1 N–H and O–H groups in total. The highest BCUT2D eigenvalue weighted by Gasteiger charge is 2.31. The van der Waals surface area contributed by atoms with E-state index in [2.05, 4.69) is 18.0 Å². The summed E-state index contributed by atoms with van der Waals surface area (Å²) in [6.07, 6.45) is 1.71. The summed E-state index contributed by atoms with van der Waals surface area (Å²) >= 11 is 0. The zero-order chi connectivity index (χ0) is 9.57. The van der Waals surface area contributed by atoms with Crippen LogP contribution in [-0.2, 0) is 9.47 Å². The maximum absolute atomic E-state index is 8.99. The molecule has 4 nitrogen and oxygen atoms in total. The van der Waals surface area contributed by atoms with Crippen LogP contribution < -0.4 is 5.32 Å². The average molecular weight is 182 g/mol. The molecule has 0 amide bonds. The van der Waals surface area contributed by atoms with Gasteiger partial charge in [0.25, 0.3) is 0 Å². The van der Waals surface area contributed by atoms with Gasteiger partial charge in [0.1, 0.15) is 0 Å². The zero-order valence-corrected chi connectivity index (χ0v) is 7.58. The topological polar surface area (TPSA) is 54.3 Å². The lowest BCUT2D eigenvalue weighted by Crippen LogP contribution is -2.50. The molecule has 1 aliphatic rings. The summed E-state index contributed by atoms with van der Waals surface area (Å²) in [6.45, 7) is 6.02. The van der Waals surface area contributed by atoms with Crippen molar-refractivity contribution >= 4 is 0 Å². The Bertz CT molecular complexity index is 202. The predicted molar refractivity (Wildman–Crippen MR) is 48.2 cm³/mol. The third kappa shape index (κ3) is 2.81. The average Bonchev–Trinajstić information content (AvgIpc) is 2.41. The summed E-state index contributed by atoms with van der Waals surface area (Å²) in [7, 11) is 0. The van der Waals surface area contributed by atoms with Gasteiger partial charge in [-0.05, 0) is 0 Å². The summed E-state index contributed by atoms with van der Waals surface area (Å²) < 4.78 is 10.5. The van der Waals surface area contributed by atoms with Gasteiger partial charge in [-0.25, -0.2) is 0 Å².